The minimum atomic E-state index is 0.501. The van der Waals surface area contributed by atoms with Gasteiger partial charge in [0.05, 0.1) is 0 Å². The van der Waals surface area contributed by atoms with E-state index in [2.05, 4.69) is 45.5 Å². The number of piperazine rings is 1. The van der Waals surface area contributed by atoms with Crippen LogP contribution in [0.1, 0.15) is 12.5 Å². The van der Waals surface area contributed by atoms with Crippen molar-refractivity contribution in [1.29, 1.82) is 0 Å². The molecule has 0 saturated carbocycles. The predicted octanol–water partition coefficient (Wildman–Crippen LogP) is 1.68. The van der Waals surface area contributed by atoms with Gasteiger partial charge < -0.3 is 15.5 Å². The van der Waals surface area contributed by atoms with Crippen LogP contribution >= 0.6 is 11.6 Å². The number of hydrogen-bond acceptors (Lipinski definition) is 3. The van der Waals surface area contributed by atoms with Crippen LogP contribution in [0.4, 0.5) is 0 Å². The summed E-state index contributed by atoms with van der Waals surface area (Å²) in [6.07, 6.45) is 0.883. The van der Waals surface area contributed by atoms with Gasteiger partial charge in [0.25, 0.3) is 0 Å². The van der Waals surface area contributed by atoms with E-state index in [1.54, 1.807) is 0 Å². The topological polar surface area (TPSA) is 42.9 Å². The molecule has 1 aromatic rings. The maximum absolute atomic E-state index is 6.19. The van der Waals surface area contributed by atoms with Crippen molar-refractivity contribution in [1.82, 2.24) is 20.4 Å². The Balaban J connectivity index is 1.69. The molecule has 1 aliphatic rings. The van der Waals surface area contributed by atoms with E-state index in [-0.39, 0.29) is 0 Å². The van der Waals surface area contributed by atoms with Crippen molar-refractivity contribution < 1.29 is 0 Å². The van der Waals surface area contributed by atoms with Crippen LogP contribution in [0.25, 0.3) is 0 Å². The fourth-order valence-electron chi connectivity index (χ4n) is 2.87. The molecule has 0 bridgehead atoms. The lowest BCUT2D eigenvalue weighted by Gasteiger charge is -2.36. The van der Waals surface area contributed by atoms with E-state index in [4.69, 9.17) is 11.6 Å². The molecule has 0 radical (unpaired) electrons. The molecular formula is C18H30ClN5. The van der Waals surface area contributed by atoms with Crippen molar-refractivity contribution in [2.75, 3.05) is 53.4 Å². The van der Waals surface area contributed by atoms with E-state index in [0.717, 1.165) is 62.2 Å². The molecule has 1 unspecified atom stereocenters. The second-order valence-electron chi connectivity index (χ2n) is 6.41. The molecule has 1 atom stereocenters. The number of aliphatic imine (C=N–C) groups is 1. The van der Waals surface area contributed by atoms with Gasteiger partial charge in [-0.2, -0.15) is 0 Å². The van der Waals surface area contributed by atoms with E-state index in [9.17, 15) is 0 Å². The van der Waals surface area contributed by atoms with E-state index < -0.39 is 0 Å². The standard InChI is InChI=1S/C18H30ClN5/c1-15(24-12-10-23(3)11-13-24)14-22-18(20-2)21-9-8-16-6-4-5-7-17(16)19/h4-7,15H,8-14H2,1-3H3,(H2,20,21,22). The van der Waals surface area contributed by atoms with Crippen LogP contribution in [-0.2, 0) is 6.42 Å². The molecule has 0 spiro atoms. The Morgan fingerprint density at radius 3 is 2.58 bits per heavy atom. The lowest BCUT2D eigenvalue weighted by Crippen LogP contribution is -2.52. The molecule has 1 saturated heterocycles. The van der Waals surface area contributed by atoms with E-state index in [1.165, 1.54) is 0 Å². The molecule has 134 valence electrons. The molecule has 2 rings (SSSR count). The van der Waals surface area contributed by atoms with Crippen molar-refractivity contribution in [3.05, 3.63) is 34.9 Å². The monoisotopic (exact) mass is 351 g/mol. The van der Waals surface area contributed by atoms with E-state index >= 15 is 0 Å². The zero-order valence-electron chi connectivity index (χ0n) is 15.1. The third-order valence-electron chi connectivity index (χ3n) is 4.59. The van der Waals surface area contributed by atoms with Gasteiger partial charge in [-0.05, 0) is 32.0 Å². The first-order chi connectivity index (χ1) is 11.6. The molecule has 1 heterocycles. The van der Waals surface area contributed by atoms with Crippen LogP contribution < -0.4 is 10.6 Å². The van der Waals surface area contributed by atoms with Crippen molar-refractivity contribution in [2.45, 2.75) is 19.4 Å². The van der Waals surface area contributed by atoms with Crippen LogP contribution in [0.15, 0.2) is 29.3 Å². The fourth-order valence-corrected chi connectivity index (χ4v) is 3.10. The highest BCUT2D eigenvalue weighted by Gasteiger charge is 2.18. The summed E-state index contributed by atoms with van der Waals surface area (Å²) in [5.74, 6) is 0.850. The Morgan fingerprint density at radius 1 is 1.21 bits per heavy atom. The lowest BCUT2D eigenvalue weighted by atomic mass is 10.1. The molecule has 1 aromatic carbocycles. The van der Waals surface area contributed by atoms with Crippen LogP contribution in [0.2, 0.25) is 5.02 Å². The predicted molar refractivity (Wildman–Crippen MR) is 103 cm³/mol. The minimum Gasteiger partial charge on any atom is -0.356 e. The molecule has 5 nitrogen and oxygen atoms in total. The Hall–Kier alpha value is -1.30. The smallest absolute Gasteiger partial charge is 0.191 e. The molecule has 2 N–H and O–H groups in total. The van der Waals surface area contributed by atoms with Crippen molar-refractivity contribution in [3.8, 4) is 0 Å². The molecular weight excluding hydrogens is 322 g/mol. The Morgan fingerprint density at radius 2 is 1.92 bits per heavy atom. The van der Waals surface area contributed by atoms with Gasteiger partial charge >= 0.3 is 0 Å². The SMILES string of the molecule is CN=C(NCCc1ccccc1Cl)NCC(C)N1CCN(C)CC1. The van der Waals surface area contributed by atoms with Gasteiger partial charge in [0.15, 0.2) is 5.96 Å². The first-order valence-electron chi connectivity index (χ1n) is 8.70. The van der Waals surface area contributed by atoms with Gasteiger partial charge in [-0.15, -0.1) is 0 Å². The Kier molecular flexibility index (Phi) is 7.82. The van der Waals surface area contributed by atoms with E-state index in [0.29, 0.717) is 6.04 Å². The second-order valence-corrected chi connectivity index (χ2v) is 6.82. The highest BCUT2D eigenvalue weighted by atomic mass is 35.5. The quantitative estimate of drug-likeness (QED) is 0.604. The van der Waals surface area contributed by atoms with Crippen molar-refractivity contribution in [3.63, 3.8) is 0 Å². The van der Waals surface area contributed by atoms with E-state index in [1.807, 2.05) is 25.2 Å². The summed E-state index contributed by atoms with van der Waals surface area (Å²) in [7, 11) is 4.00. The van der Waals surface area contributed by atoms with Crippen molar-refractivity contribution >= 4 is 17.6 Å². The van der Waals surface area contributed by atoms with Gasteiger partial charge in [0, 0.05) is 57.4 Å². The summed E-state index contributed by atoms with van der Waals surface area (Å²) in [6, 6.07) is 8.48. The summed E-state index contributed by atoms with van der Waals surface area (Å²) >= 11 is 6.19. The summed E-state index contributed by atoms with van der Waals surface area (Å²) in [6.45, 7) is 8.55. The third kappa shape index (κ3) is 5.96. The summed E-state index contributed by atoms with van der Waals surface area (Å²) in [5, 5.41) is 7.62. The first kappa shape index (κ1) is 19.0. The largest absolute Gasteiger partial charge is 0.356 e. The van der Waals surface area contributed by atoms with Gasteiger partial charge in [-0.3, -0.25) is 9.89 Å². The molecule has 0 aromatic heterocycles. The number of benzene rings is 1. The lowest BCUT2D eigenvalue weighted by molar-refractivity contribution is 0.120. The number of guanidine groups is 1. The number of likely N-dealkylation sites (N-methyl/N-ethyl adjacent to an activating group) is 1. The number of rotatable bonds is 6. The fraction of sp³-hybridized carbons (Fsp3) is 0.611. The van der Waals surface area contributed by atoms with Gasteiger partial charge in [-0.1, -0.05) is 29.8 Å². The van der Waals surface area contributed by atoms with Crippen LogP contribution in [0.5, 0.6) is 0 Å². The average Bonchev–Trinajstić information content (AvgIpc) is 2.59. The molecule has 24 heavy (non-hydrogen) atoms. The summed E-state index contributed by atoms with van der Waals surface area (Å²) in [5.41, 5.74) is 1.16. The van der Waals surface area contributed by atoms with Crippen molar-refractivity contribution in [2.24, 2.45) is 4.99 Å². The molecule has 0 aliphatic carbocycles. The Bertz CT molecular complexity index is 526. The zero-order chi connectivity index (χ0) is 17.4. The van der Waals surface area contributed by atoms with Crippen LogP contribution in [-0.4, -0.2) is 75.2 Å². The molecule has 1 aliphatic heterocycles. The normalized spacial score (nSPS) is 18.4. The minimum absolute atomic E-state index is 0.501. The average molecular weight is 352 g/mol. The second kappa shape index (κ2) is 9.87. The highest BCUT2D eigenvalue weighted by molar-refractivity contribution is 6.31. The maximum Gasteiger partial charge on any atom is 0.191 e. The van der Waals surface area contributed by atoms with Gasteiger partial charge in [0.1, 0.15) is 0 Å². The number of hydrogen-bond donors (Lipinski definition) is 2. The molecule has 6 heteroatoms. The summed E-state index contributed by atoms with van der Waals surface area (Å²) < 4.78 is 0. The maximum atomic E-state index is 6.19. The number of nitrogens with one attached hydrogen (secondary N) is 2. The van der Waals surface area contributed by atoms with Gasteiger partial charge in [-0.25, -0.2) is 0 Å². The molecule has 1 fully saturated rings. The first-order valence-corrected chi connectivity index (χ1v) is 9.08. The highest BCUT2D eigenvalue weighted by Crippen LogP contribution is 2.14. The number of halogens is 1. The van der Waals surface area contributed by atoms with Gasteiger partial charge in [0.2, 0.25) is 0 Å². The Labute approximate surface area is 151 Å². The van der Waals surface area contributed by atoms with Crippen LogP contribution in [0, 0.1) is 0 Å². The molecule has 0 amide bonds. The zero-order valence-corrected chi connectivity index (χ0v) is 15.8. The third-order valence-corrected chi connectivity index (χ3v) is 4.96. The van der Waals surface area contributed by atoms with Crippen LogP contribution in [0.3, 0.4) is 0 Å². The number of nitrogens with zero attached hydrogens (tertiary/aromatic N) is 3. The summed E-state index contributed by atoms with van der Waals surface area (Å²) in [4.78, 5) is 9.22.